The van der Waals surface area contributed by atoms with Crippen LogP contribution in [-0.2, 0) is 4.79 Å². The van der Waals surface area contributed by atoms with Crippen molar-refractivity contribution in [2.24, 2.45) is 5.92 Å². The zero-order valence-electron chi connectivity index (χ0n) is 10.2. The molecule has 0 aromatic heterocycles. The largest absolute Gasteiger partial charge is 0.354 e. The average molecular weight is 211 g/mol. The summed E-state index contributed by atoms with van der Waals surface area (Å²) in [5.74, 6) is 0.910. The summed E-state index contributed by atoms with van der Waals surface area (Å²) in [5, 5.41) is 3.06. The van der Waals surface area contributed by atoms with E-state index in [1.807, 2.05) is 0 Å². The third-order valence-electron chi connectivity index (χ3n) is 3.47. The third-order valence-corrected chi connectivity index (χ3v) is 3.47. The van der Waals surface area contributed by atoms with Crippen molar-refractivity contribution in [1.82, 2.24) is 5.32 Å². The van der Waals surface area contributed by atoms with Crippen molar-refractivity contribution in [2.75, 3.05) is 0 Å². The molecule has 0 saturated heterocycles. The van der Waals surface area contributed by atoms with Gasteiger partial charge in [0.15, 0.2) is 0 Å². The first-order chi connectivity index (χ1) is 7.22. The van der Waals surface area contributed by atoms with Gasteiger partial charge >= 0.3 is 0 Å². The number of nitrogens with one attached hydrogen (secondary N) is 1. The van der Waals surface area contributed by atoms with E-state index in [2.05, 4.69) is 19.2 Å². The van der Waals surface area contributed by atoms with E-state index in [0.717, 1.165) is 12.8 Å². The molecule has 88 valence electrons. The van der Waals surface area contributed by atoms with Gasteiger partial charge in [-0.3, -0.25) is 4.79 Å². The molecule has 0 heterocycles. The van der Waals surface area contributed by atoms with Crippen molar-refractivity contribution in [3.8, 4) is 0 Å². The summed E-state index contributed by atoms with van der Waals surface area (Å²) in [6.45, 7) is 4.18. The molecule has 15 heavy (non-hydrogen) atoms. The van der Waals surface area contributed by atoms with Gasteiger partial charge in [-0.25, -0.2) is 0 Å². The summed E-state index contributed by atoms with van der Waals surface area (Å²) in [4.78, 5) is 11.7. The molecule has 1 aliphatic rings. The smallest absolute Gasteiger partial charge is 0.220 e. The number of rotatable bonds is 4. The highest BCUT2D eigenvalue weighted by atomic mass is 16.1. The Hall–Kier alpha value is -0.530. The van der Waals surface area contributed by atoms with Crippen LogP contribution in [0, 0.1) is 5.92 Å². The Balaban J connectivity index is 2.23. The van der Waals surface area contributed by atoms with Crippen LogP contribution in [-0.4, -0.2) is 11.9 Å². The van der Waals surface area contributed by atoms with E-state index < -0.39 is 0 Å². The molecule has 1 atom stereocenters. The number of amides is 1. The molecule has 0 spiro atoms. The van der Waals surface area contributed by atoms with Crippen molar-refractivity contribution in [2.45, 2.75) is 71.3 Å². The first kappa shape index (κ1) is 12.5. The topological polar surface area (TPSA) is 29.1 Å². The Morgan fingerprint density at radius 3 is 2.40 bits per heavy atom. The molecule has 0 aromatic rings. The number of carbonyl (C=O) groups excluding carboxylic acids is 1. The first-order valence-electron chi connectivity index (χ1n) is 6.51. The molecular formula is C13H25NO. The van der Waals surface area contributed by atoms with Gasteiger partial charge in [-0.05, 0) is 32.1 Å². The highest BCUT2D eigenvalue weighted by Gasteiger charge is 2.16. The molecule has 0 aromatic carbocycles. The van der Waals surface area contributed by atoms with E-state index in [0.29, 0.717) is 12.0 Å². The van der Waals surface area contributed by atoms with Crippen molar-refractivity contribution >= 4 is 5.91 Å². The molecule has 1 saturated carbocycles. The van der Waals surface area contributed by atoms with E-state index in [4.69, 9.17) is 0 Å². The second-order valence-electron chi connectivity index (χ2n) is 4.94. The lowest BCUT2D eigenvalue weighted by Gasteiger charge is -2.16. The van der Waals surface area contributed by atoms with E-state index in [-0.39, 0.29) is 5.91 Å². The van der Waals surface area contributed by atoms with Crippen LogP contribution in [0.3, 0.4) is 0 Å². The predicted octanol–water partition coefficient (Wildman–Crippen LogP) is 3.26. The minimum absolute atomic E-state index is 0.260. The molecule has 1 amide bonds. The second-order valence-corrected chi connectivity index (χ2v) is 4.94. The van der Waals surface area contributed by atoms with Gasteiger partial charge in [0.2, 0.25) is 5.91 Å². The normalized spacial score (nSPS) is 20.7. The van der Waals surface area contributed by atoms with Crippen LogP contribution in [0.25, 0.3) is 0 Å². The molecule has 1 N–H and O–H groups in total. The molecule has 0 radical (unpaired) electrons. The second kappa shape index (κ2) is 6.86. The summed E-state index contributed by atoms with van der Waals surface area (Å²) in [6, 6.07) is 0.336. The lowest BCUT2D eigenvalue weighted by atomic mass is 9.96. The van der Waals surface area contributed by atoms with Gasteiger partial charge in [0.1, 0.15) is 0 Å². The molecular weight excluding hydrogens is 186 g/mol. The Morgan fingerprint density at radius 1 is 1.27 bits per heavy atom. The van der Waals surface area contributed by atoms with E-state index in [1.54, 1.807) is 0 Å². The minimum Gasteiger partial charge on any atom is -0.354 e. The van der Waals surface area contributed by atoms with Gasteiger partial charge in [-0.15, -0.1) is 0 Å². The highest BCUT2D eigenvalue weighted by Crippen LogP contribution is 2.25. The average Bonchev–Trinajstić information content (AvgIpc) is 2.46. The van der Waals surface area contributed by atoms with Gasteiger partial charge in [0.25, 0.3) is 0 Å². The van der Waals surface area contributed by atoms with Crippen LogP contribution in [0.5, 0.6) is 0 Å². The molecule has 0 aliphatic heterocycles. The Morgan fingerprint density at radius 2 is 1.87 bits per heavy atom. The highest BCUT2D eigenvalue weighted by molar-refractivity contribution is 5.76. The predicted molar refractivity (Wildman–Crippen MR) is 63.7 cm³/mol. The van der Waals surface area contributed by atoms with E-state index in [1.165, 1.54) is 38.5 Å². The minimum atomic E-state index is 0.260. The van der Waals surface area contributed by atoms with Gasteiger partial charge in [-0.1, -0.05) is 32.6 Å². The van der Waals surface area contributed by atoms with Crippen LogP contribution >= 0.6 is 0 Å². The van der Waals surface area contributed by atoms with Crippen LogP contribution in [0.2, 0.25) is 0 Å². The van der Waals surface area contributed by atoms with Gasteiger partial charge in [0.05, 0.1) is 0 Å². The number of carbonyl (C=O) groups is 1. The fourth-order valence-electron chi connectivity index (χ4n) is 2.27. The zero-order chi connectivity index (χ0) is 11.1. The molecule has 1 aliphatic carbocycles. The van der Waals surface area contributed by atoms with E-state index >= 15 is 0 Å². The maximum Gasteiger partial charge on any atom is 0.220 e. The molecule has 0 bridgehead atoms. The summed E-state index contributed by atoms with van der Waals surface area (Å²) in [5.41, 5.74) is 0. The van der Waals surface area contributed by atoms with Crippen LogP contribution in [0.4, 0.5) is 0 Å². The maximum absolute atomic E-state index is 11.7. The summed E-state index contributed by atoms with van der Waals surface area (Å²) in [7, 11) is 0. The van der Waals surface area contributed by atoms with Crippen molar-refractivity contribution < 1.29 is 4.79 Å². The summed E-state index contributed by atoms with van der Waals surface area (Å²) >= 11 is 0. The molecule has 1 unspecified atom stereocenters. The standard InChI is InChI=1S/C13H25NO/c1-3-11(2)14-13(15)10-12-8-6-4-5-7-9-12/h11-12H,3-10H2,1-2H3,(H,14,15). The number of hydrogen-bond donors (Lipinski definition) is 1. The first-order valence-corrected chi connectivity index (χ1v) is 6.51. The lowest BCUT2D eigenvalue weighted by Crippen LogP contribution is -2.33. The quantitative estimate of drug-likeness (QED) is 0.710. The SMILES string of the molecule is CCC(C)NC(=O)CC1CCCCCC1. The Kier molecular flexibility index (Phi) is 5.74. The number of hydrogen-bond acceptors (Lipinski definition) is 1. The molecule has 2 nitrogen and oxygen atoms in total. The Bertz CT molecular complexity index is 183. The summed E-state index contributed by atoms with van der Waals surface area (Å²) < 4.78 is 0. The fraction of sp³-hybridized carbons (Fsp3) is 0.923. The molecule has 2 heteroatoms. The van der Waals surface area contributed by atoms with Crippen molar-refractivity contribution in [1.29, 1.82) is 0 Å². The van der Waals surface area contributed by atoms with Gasteiger partial charge in [0, 0.05) is 12.5 Å². The lowest BCUT2D eigenvalue weighted by molar-refractivity contribution is -0.122. The van der Waals surface area contributed by atoms with Crippen LogP contribution in [0.1, 0.15) is 65.2 Å². The summed E-state index contributed by atoms with van der Waals surface area (Å²) in [6.07, 6.45) is 9.66. The molecule has 1 fully saturated rings. The van der Waals surface area contributed by atoms with E-state index in [9.17, 15) is 4.79 Å². The fourth-order valence-corrected chi connectivity index (χ4v) is 2.27. The van der Waals surface area contributed by atoms with Gasteiger partial charge < -0.3 is 5.32 Å². The van der Waals surface area contributed by atoms with Gasteiger partial charge in [-0.2, -0.15) is 0 Å². The molecule has 1 rings (SSSR count). The Labute approximate surface area is 93.8 Å². The van der Waals surface area contributed by atoms with Crippen LogP contribution < -0.4 is 5.32 Å². The van der Waals surface area contributed by atoms with Crippen molar-refractivity contribution in [3.05, 3.63) is 0 Å². The van der Waals surface area contributed by atoms with Crippen molar-refractivity contribution in [3.63, 3.8) is 0 Å². The zero-order valence-corrected chi connectivity index (χ0v) is 10.2. The third kappa shape index (κ3) is 5.19. The van der Waals surface area contributed by atoms with Crippen LogP contribution in [0.15, 0.2) is 0 Å². The maximum atomic E-state index is 11.7. The monoisotopic (exact) mass is 211 g/mol.